The first-order valence-corrected chi connectivity index (χ1v) is 11.1. The van der Waals surface area contributed by atoms with E-state index >= 15 is 0 Å². The maximum Gasteiger partial charge on any atom is 0.230 e. The van der Waals surface area contributed by atoms with Crippen LogP contribution in [0, 0.1) is 13.8 Å². The Kier molecular flexibility index (Phi) is 6.00. The fourth-order valence-electron chi connectivity index (χ4n) is 3.73. The molecule has 3 aromatic rings. The highest BCUT2D eigenvalue weighted by Gasteiger charge is 2.20. The van der Waals surface area contributed by atoms with Crippen LogP contribution >= 0.6 is 11.8 Å². The highest BCUT2D eigenvalue weighted by molar-refractivity contribution is 7.99. The molecule has 6 heteroatoms. The number of carbonyl (C=O) groups excluding carboxylic acids is 1. The normalized spacial score (nSPS) is 14.3. The maximum atomic E-state index is 12.4. The van der Waals surface area contributed by atoms with Crippen molar-refractivity contribution in [1.29, 1.82) is 0 Å². The van der Waals surface area contributed by atoms with Gasteiger partial charge in [0.2, 0.25) is 5.91 Å². The van der Waals surface area contributed by atoms with Crippen molar-refractivity contribution in [1.82, 2.24) is 20.1 Å². The number of hydrogen-bond acceptors (Lipinski definition) is 4. The monoisotopic (exact) mass is 406 g/mol. The predicted molar refractivity (Wildman–Crippen MR) is 117 cm³/mol. The van der Waals surface area contributed by atoms with Crippen LogP contribution in [0.15, 0.2) is 53.7 Å². The second-order valence-electron chi connectivity index (χ2n) is 7.68. The molecule has 1 aromatic heterocycles. The fraction of sp³-hybridized carbons (Fsp3) is 0.348. The minimum Gasteiger partial charge on any atom is -0.353 e. The number of benzene rings is 2. The Morgan fingerprint density at radius 1 is 1.07 bits per heavy atom. The summed E-state index contributed by atoms with van der Waals surface area (Å²) in [7, 11) is 0. The van der Waals surface area contributed by atoms with Crippen molar-refractivity contribution in [2.45, 2.75) is 50.7 Å². The summed E-state index contributed by atoms with van der Waals surface area (Å²) in [6.07, 6.45) is 4.60. The quantitative estimate of drug-likeness (QED) is 0.603. The highest BCUT2D eigenvalue weighted by Crippen LogP contribution is 2.28. The number of carbonyl (C=O) groups is 1. The van der Waals surface area contributed by atoms with Gasteiger partial charge in [-0.1, -0.05) is 66.1 Å². The number of nitrogens with zero attached hydrogens (tertiary/aromatic N) is 3. The Bertz CT molecular complexity index is 990. The summed E-state index contributed by atoms with van der Waals surface area (Å²) in [4.78, 5) is 12.4. The highest BCUT2D eigenvalue weighted by atomic mass is 32.2. The van der Waals surface area contributed by atoms with Gasteiger partial charge in [0.05, 0.1) is 5.75 Å². The van der Waals surface area contributed by atoms with E-state index in [0.29, 0.717) is 11.8 Å². The van der Waals surface area contributed by atoms with Gasteiger partial charge in [-0.15, -0.1) is 10.2 Å². The van der Waals surface area contributed by atoms with Gasteiger partial charge >= 0.3 is 0 Å². The van der Waals surface area contributed by atoms with E-state index in [4.69, 9.17) is 0 Å². The van der Waals surface area contributed by atoms with E-state index in [9.17, 15) is 4.79 Å². The molecular weight excluding hydrogens is 380 g/mol. The zero-order chi connectivity index (χ0) is 20.2. The molecule has 5 nitrogen and oxygen atoms in total. The molecule has 1 amide bonds. The van der Waals surface area contributed by atoms with Gasteiger partial charge < -0.3 is 5.32 Å². The van der Waals surface area contributed by atoms with Crippen molar-refractivity contribution in [3.63, 3.8) is 0 Å². The minimum atomic E-state index is 0.0671. The fourth-order valence-corrected chi connectivity index (χ4v) is 4.49. The van der Waals surface area contributed by atoms with Gasteiger partial charge in [0, 0.05) is 17.3 Å². The van der Waals surface area contributed by atoms with Gasteiger partial charge in [-0.2, -0.15) is 0 Å². The molecular formula is C23H26N4OS. The van der Waals surface area contributed by atoms with Crippen LogP contribution in [0.3, 0.4) is 0 Å². The molecule has 0 radical (unpaired) electrons. The molecule has 1 N–H and O–H groups in total. The van der Waals surface area contributed by atoms with Gasteiger partial charge in [0.25, 0.3) is 0 Å². The zero-order valence-electron chi connectivity index (χ0n) is 16.9. The van der Waals surface area contributed by atoms with Crippen molar-refractivity contribution in [2.75, 3.05) is 5.75 Å². The molecule has 0 saturated heterocycles. The molecule has 0 aliphatic heterocycles. The Labute approximate surface area is 175 Å². The van der Waals surface area contributed by atoms with Crippen LogP contribution in [0.1, 0.15) is 36.8 Å². The average molecular weight is 407 g/mol. The van der Waals surface area contributed by atoms with Crippen LogP contribution in [0.5, 0.6) is 0 Å². The van der Waals surface area contributed by atoms with Crippen molar-refractivity contribution in [3.05, 3.63) is 59.7 Å². The second kappa shape index (κ2) is 8.82. The summed E-state index contributed by atoms with van der Waals surface area (Å²) in [5, 5.41) is 12.8. The summed E-state index contributed by atoms with van der Waals surface area (Å²) in [5.41, 5.74) is 4.38. The smallest absolute Gasteiger partial charge is 0.230 e. The van der Waals surface area contributed by atoms with Gasteiger partial charge in [-0.05, 0) is 44.9 Å². The number of rotatable bonds is 6. The average Bonchev–Trinajstić information content (AvgIpc) is 3.37. The molecule has 29 heavy (non-hydrogen) atoms. The summed E-state index contributed by atoms with van der Waals surface area (Å²) < 4.78 is 2.04. The first-order valence-electron chi connectivity index (χ1n) is 10.1. The van der Waals surface area contributed by atoms with Crippen LogP contribution in [-0.2, 0) is 4.79 Å². The van der Waals surface area contributed by atoms with E-state index in [1.54, 1.807) is 0 Å². The standard InChI is InChI=1S/C23H26N4OS/c1-16-10-12-20(13-11-16)27-22(18-7-5-6-17(2)14-18)25-26-23(27)29-15-21(28)24-19-8-3-4-9-19/h5-7,10-14,19H,3-4,8-9,15H2,1-2H3,(H,24,28). The van der Waals surface area contributed by atoms with Gasteiger partial charge in [0.15, 0.2) is 11.0 Å². The number of hydrogen-bond donors (Lipinski definition) is 1. The molecule has 1 fully saturated rings. The number of aromatic nitrogens is 3. The third-order valence-corrected chi connectivity index (χ3v) is 6.18. The summed E-state index contributed by atoms with van der Waals surface area (Å²) in [6, 6.07) is 16.9. The number of nitrogens with one attached hydrogen (secondary N) is 1. The Hall–Kier alpha value is -2.60. The van der Waals surface area contributed by atoms with Crippen LogP contribution in [0.25, 0.3) is 17.1 Å². The Morgan fingerprint density at radius 2 is 1.83 bits per heavy atom. The third kappa shape index (κ3) is 4.70. The lowest BCUT2D eigenvalue weighted by molar-refractivity contribution is -0.119. The van der Waals surface area contributed by atoms with Crippen molar-refractivity contribution >= 4 is 17.7 Å². The molecule has 0 unspecified atom stereocenters. The molecule has 150 valence electrons. The molecule has 0 atom stereocenters. The second-order valence-corrected chi connectivity index (χ2v) is 8.63. The summed E-state index contributed by atoms with van der Waals surface area (Å²) in [5.74, 6) is 1.20. The Balaban J connectivity index is 1.61. The first-order chi connectivity index (χ1) is 14.1. The predicted octanol–water partition coefficient (Wildman–Crippen LogP) is 4.70. The molecule has 2 aromatic carbocycles. The van der Waals surface area contributed by atoms with Crippen LogP contribution in [-0.4, -0.2) is 32.5 Å². The van der Waals surface area contributed by atoms with Crippen molar-refractivity contribution in [2.24, 2.45) is 0 Å². The molecule has 1 heterocycles. The Morgan fingerprint density at radius 3 is 2.55 bits per heavy atom. The number of amides is 1. The number of aryl methyl sites for hydroxylation is 2. The summed E-state index contributed by atoms with van der Waals surface area (Å²) in [6.45, 7) is 4.14. The van der Waals surface area contributed by atoms with Gasteiger partial charge in [-0.25, -0.2) is 0 Å². The lowest BCUT2D eigenvalue weighted by atomic mass is 10.1. The van der Waals surface area contributed by atoms with Crippen molar-refractivity contribution in [3.8, 4) is 17.1 Å². The topological polar surface area (TPSA) is 59.8 Å². The molecule has 1 saturated carbocycles. The lowest BCUT2D eigenvalue weighted by Gasteiger charge is -2.13. The first kappa shape index (κ1) is 19.7. The summed E-state index contributed by atoms with van der Waals surface area (Å²) >= 11 is 1.43. The molecule has 4 rings (SSSR count). The van der Waals surface area contributed by atoms with E-state index in [2.05, 4.69) is 65.8 Å². The van der Waals surface area contributed by atoms with E-state index in [0.717, 1.165) is 35.1 Å². The number of thioether (sulfide) groups is 1. The van der Waals surface area contributed by atoms with E-state index in [-0.39, 0.29) is 5.91 Å². The van der Waals surface area contributed by atoms with E-state index in [1.807, 2.05) is 16.7 Å². The van der Waals surface area contributed by atoms with Crippen LogP contribution < -0.4 is 5.32 Å². The van der Waals surface area contributed by atoms with Gasteiger partial charge in [0.1, 0.15) is 0 Å². The van der Waals surface area contributed by atoms with Crippen LogP contribution in [0.2, 0.25) is 0 Å². The van der Waals surface area contributed by atoms with E-state index in [1.165, 1.54) is 35.7 Å². The lowest BCUT2D eigenvalue weighted by Crippen LogP contribution is -2.33. The van der Waals surface area contributed by atoms with Gasteiger partial charge in [-0.3, -0.25) is 9.36 Å². The molecule has 0 bridgehead atoms. The third-order valence-electron chi connectivity index (χ3n) is 5.25. The molecule has 1 aliphatic carbocycles. The SMILES string of the molecule is Cc1ccc(-n2c(SCC(=O)NC3CCCC3)nnc2-c2cccc(C)c2)cc1. The molecule has 1 aliphatic rings. The van der Waals surface area contributed by atoms with Crippen molar-refractivity contribution < 1.29 is 4.79 Å². The van der Waals surface area contributed by atoms with Crippen LogP contribution in [0.4, 0.5) is 0 Å². The van der Waals surface area contributed by atoms with E-state index < -0.39 is 0 Å². The maximum absolute atomic E-state index is 12.4. The largest absolute Gasteiger partial charge is 0.353 e. The zero-order valence-corrected chi connectivity index (χ0v) is 17.7. The molecule has 0 spiro atoms. The minimum absolute atomic E-state index is 0.0671.